The lowest BCUT2D eigenvalue weighted by Gasteiger charge is -2.17. The third kappa shape index (κ3) is 4.72. The molecule has 2 rings (SSSR count). The SMILES string of the molecule is COc1cccc(C(CNS(=O)(=O)c2ccc(OC)c(C)c2)OC)c1. The summed E-state index contributed by atoms with van der Waals surface area (Å²) in [6, 6.07) is 12.1. The molecule has 136 valence electrons. The maximum Gasteiger partial charge on any atom is 0.240 e. The Morgan fingerprint density at radius 2 is 1.80 bits per heavy atom. The van der Waals surface area contributed by atoms with Gasteiger partial charge in [0.05, 0.1) is 25.2 Å². The number of hydrogen-bond donors (Lipinski definition) is 1. The highest BCUT2D eigenvalue weighted by molar-refractivity contribution is 7.89. The largest absolute Gasteiger partial charge is 0.497 e. The van der Waals surface area contributed by atoms with E-state index in [1.807, 2.05) is 24.3 Å². The average molecular weight is 365 g/mol. The molecule has 7 heteroatoms. The van der Waals surface area contributed by atoms with Crippen LogP contribution in [0.1, 0.15) is 17.2 Å². The fourth-order valence-corrected chi connectivity index (χ4v) is 3.58. The molecule has 1 N–H and O–H groups in total. The fraction of sp³-hybridized carbons (Fsp3) is 0.333. The van der Waals surface area contributed by atoms with Gasteiger partial charge in [0.1, 0.15) is 11.5 Å². The zero-order valence-electron chi connectivity index (χ0n) is 14.8. The van der Waals surface area contributed by atoms with Crippen LogP contribution in [0.5, 0.6) is 11.5 Å². The first-order chi connectivity index (χ1) is 11.9. The van der Waals surface area contributed by atoms with E-state index >= 15 is 0 Å². The zero-order chi connectivity index (χ0) is 18.4. The quantitative estimate of drug-likeness (QED) is 0.779. The van der Waals surface area contributed by atoms with E-state index in [1.165, 1.54) is 13.2 Å². The van der Waals surface area contributed by atoms with Crippen molar-refractivity contribution in [3.05, 3.63) is 53.6 Å². The molecule has 6 nitrogen and oxygen atoms in total. The third-order valence-corrected chi connectivity index (χ3v) is 5.31. The molecule has 0 radical (unpaired) electrons. The average Bonchev–Trinajstić information content (AvgIpc) is 2.62. The number of aryl methyl sites for hydroxylation is 1. The van der Waals surface area contributed by atoms with Crippen molar-refractivity contribution in [3.63, 3.8) is 0 Å². The van der Waals surface area contributed by atoms with Gasteiger partial charge in [-0.1, -0.05) is 12.1 Å². The van der Waals surface area contributed by atoms with E-state index in [2.05, 4.69) is 4.72 Å². The lowest BCUT2D eigenvalue weighted by Crippen LogP contribution is -2.29. The summed E-state index contributed by atoms with van der Waals surface area (Å²) < 4.78 is 43.4. The molecule has 0 aromatic heterocycles. The van der Waals surface area contributed by atoms with Gasteiger partial charge in [-0.05, 0) is 48.4 Å². The van der Waals surface area contributed by atoms with Gasteiger partial charge in [0.2, 0.25) is 10.0 Å². The van der Waals surface area contributed by atoms with Gasteiger partial charge >= 0.3 is 0 Å². The summed E-state index contributed by atoms with van der Waals surface area (Å²) in [7, 11) is 1.01. The molecule has 0 amide bonds. The summed E-state index contributed by atoms with van der Waals surface area (Å²) in [5.74, 6) is 1.33. The molecule has 1 atom stereocenters. The minimum absolute atomic E-state index is 0.108. The van der Waals surface area contributed by atoms with Gasteiger partial charge in [-0.3, -0.25) is 0 Å². The summed E-state index contributed by atoms with van der Waals surface area (Å²) in [5, 5.41) is 0. The Kier molecular flexibility index (Phi) is 6.41. The maximum absolute atomic E-state index is 12.5. The Balaban J connectivity index is 2.15. The minimum atomic E-state index is -3.65. The number of benzene rings is 2. The van der Waals surface area contributed by atoms with Crippen LogP contribution in [0.15, 0.2) is 47.4 Å². The van der Waals surface area contributed by atoms with E-state index in [1.54, 1.807) is 33.3 Å². The molecule has 0 fully saturated rings. The van der Waals surface area contributed by atoms with E-state index in [9.17, 15) is 8.42 Å². The minimum Gasteiger partial charge on any atom is -0.497 e. The highest BCUT2D eigenvalue weighted by Gasteiger charge is 2.19. The predicted octanol–water partition coefficient (Wildman–Crippen LogP) is 2.68. The van der Waals surface area contributed by atoms with Crippen molar-refractivity contribution in [1.29, 1.82) is 0 Å². The Labute approximate surface area is 148 Å². The van der Waals surface area contributed by atoms with Crippen LogP contribution in [0, 0.1) is 6.92 Å². The lowest BCUT2D eigenvalue weighted by molar-refractivity contribution is 0.107. The van der Waals surface area contributed by atoms with Crippen molar-refractivity contribution >= 4 is 10.0 Å². The number of methoxy groups -OCH3 is 3. The monoisotopic (exact) mass is 365 g/mol. The van der Waals surface area contributed by atoms with Gasteiger partial charge in [-0.15, -0.1) is 0 Å². The highest BCUT2D eigenvalue weighted by Crippen LogP contribution is 2.23. The van der Waals surface area contributed by atoms with Crippen molar-refractivity contribution in [1.82, 2.24) is 4.72 Å². The molecule has 2 aromatic rings. The molecule has 0 bridgehead atoms. The molecule has 0 aliphatic heterocycles. The van der Waals surface area contributed by atoms with E-state index in [4.69, 9.17) is 14.2 Å². The second kappa shape index (κ2) is 8.33. The van der Waals surface area contributed by atoms with Crippen molar-refractivity contribution < 1.29 is 22.6 Å². The second-order valence-corrected chi connectivity index (χ2v) is 7.25. The van der Waals surface area contributed by atoms with Crippen molar-refractivity contribution in [2.24, 2.45) is 0 Å². The van der Waals surface area contributed by atoms with Gasteiger partial charge in [-0.25, -0.2) is 13.1 Å². The summed E-state index contributed by atoms with van der Waals surface area (Å²) in [6.07, 6.45) is -0.427. The number of nitrogens with one attached hydrogen (secondary N) is 1. The summed E-state index contributed by atoms with van der Waals surface area (Å²) >= 11 is 0. The third-order valence-electron chi connectivity index (χ3n) is 3.89. The lowest BCUT2D eigenvalue weighted by atomic mass is 10.1. The van der Waals surface area contributed by atoms with Crippen molar-refractivity contribution in [2.45, 2.75) is 17.9 Å². The smallest absolute Gasteiger partial charge is 0.240 e. The van der Waals surface area contributed by atoms with Crippen molar-refractivity contribution in [3.8, 4) is 11.5 Å². The first-order valence-corrected chi connectivity index (χ1v) is 9.20. The first kappa shape index (κ1) is 19.2. The molecule has 2 aromatic carbocycles. The molecular formula is C18H23NO5S. The van der Waals surface area contributed by atoms with Crippen LogP contribution in [0.4, 0.5) is 0 Å². The van der Waals surface area contributed by atoms with E-state index in [0.717, 1.165) is 11.1 Å². The van der Waals surface area contributed by atoms with E-state index in [-0.39, 0.29) is 11.4 Å². The van der Waals surface area contributed by atoms with Gasteiger partial charge < -0.3 is 14.2 Å². The molecule has 25 heavy (non-hydrogen) atoms. The van der Waals surface area contributed by atoms with Gasteiger partial charge in [0.25, 0.3) is 0 Å². The number of sulfonamides is 1. The summed E-state index contributed by atoms with van der Waals surface area (Å²) in [6.45, 7) is 1.91. The Bertz CT molecular complexity index is 820. The van der Waals surface area contributed by atoms with Crippen LogP contribution in [-0.2, 0) is 14.8 Å². The van der Waals surface area contributed by atoms with Crippen LogP contribution in [0.25, 0.3) is 0 Å². The Hall–Kier alpha value is -2.09. The van der Waals surface area contributed by atoms with Gasteiger partial charge in [0.15, 0.2) is 0 Å². The highest BCUT2D eigenvalue weighted by atomic mass is 32.2. The van der Waals surface area contributed by atoms with Crippen LogP contribution < -0.4 is 14.2 Å². The van der Waals surface area contributed by atoms with Crippen LogP contribution in [0.3, 0.4) is 0 Å². The maximum atomic E-state index is 12.5. The first-order valence-electron chi connectivity index (χ1n) is 7.72. The Morgan fingerprint density at radius 1 is 1.04 bits per heavy atom. The molecule has 0 spiro atoms. The van der Waals surface area contributed by atoms with Crippen molar-refractivity contribution in [2.75, 3.05) is 27.9 Å². The number of rotatable bonds is 8. The second-order valence-electron chi connectivity index (χ2n) is 5.48. The van der Waals surface area contributed by atoms with E-state index in [0.29, 0.717) is 11.5 Å². The predicted molar refractivity (Wildman–Crippen MR) is 95.7 cm³/mol. The van der Waals surface area contributed by atoms with Crippen LogP contribution in [-0.4, -0.2) is 36.3 Å². The zero-order valence-corrected chi connectivity index (χ0v) is 15.6. The molecule has 0 saturated heterocycles. The fourth-order valence-electron chi connectivity index (χ4n) is 2.47. The van der Waals surface area contributed by atoms with Crippen LogP contribution >= 0.6 is 0 Å². The topological polar surface area (TPSA) is 73.9 Å². The standard InChI is InChI=1S/C18H23NO5S/c1-13-10-16(8-9-17(13)23-3)25(20,21)19-12-18(24-4)14-6-5-7-15(11-14)22-2/h5-11,18-19H,12H2,1-4H3. The normalized spacial score (nSPS) is 12.6. The molecule has 0 aliphatic rings. The summed E-state index contributed by atoms with van der Waals surface area (Å²) in [5.41, 5.74) is 1.58. The number of hydrogen-bond acceptors (Lipinski definition) is 5. The van der Waals surface area contributed by atoms with Gasteiger partial charge in [0, 0.05) is 13.7 Å². The molecule has 0 saturated carbocycles. The van der Waals surface area contributed by atoms with Crippen LogP contribution in [0.2, 0.25) is 0 Å². The number of ether oxygens (including phenoxy) is 3. The molecule has 1 unspecified atom stereocenters. The summed E-state index contributed by atoms with van der Waals surface area (Å²) in [4.78, 5) is 0.186. The van der Waals surface area contributed by atoms with Gasteiger partial charge in [-0.2, -0.15) is 0 Å². The Morgan fingerprint density at radius 3 is 2.40 bits per heavy atom. The molecule has 0 aliphatic carbocycles. The molecule has 0 heterocycles. The molecular weight excluding hydrogens is 342 g/mol. The van der Waals surface area contributed by atoms with E-state index < -0.39 is 16.1 Å².